The molecule has 40 heavy (non-hydrogen) atoms. The molecule has 210 valence electrons. The topological polar surface area (TPSA) is 147 Å². The van der Waals surface area contributed by atoms with E-state index in [1.54, 1.807) is 25.0 Å². The number of nitrogens with one attached hydrogen (secondary N) is 2. The fourth-order valence-electron chi connectivity index (χ4n) is 6.88. The third-order valence-corrected chi connectivity index (χ3v) is 8.82. The summed E-state index contributed by atoms with van der Waals surface area (Å²) in [7, 11) is 1.58. The van der Waals surface area contributed by atoms with Gasteiger partial charge in [0, 0.05) is 36.7 Å². The second kappa shape index (κ2) is 10.5. The van der Waals surface area contributed by atoms with Gasteiger partial charge in [-0.2, -0.15) is 0 Å². The van der Waals surface area contributed by atoms with Gasteiger partial charge in [0.25, 0.3) is 11.8 Å². The molecule has 2 aromatic heterocycles. The maximum absolute atomic E-state index is 14.0. The van der Waals surface area contributed by atoms with Crippen LogP contribution in [0.2, 0.25) is 0 Å². The van der Waals surface area contributed by atoms with E-state index < -0.39 is 23.8 Å². The number of amides is 2. The number of hydrogen-bond acceptors (Lipinski definition) is 8. The Morgan fingerprint density at radius 3 is 2.77 bits per heavy atom. The molecule has 3 heterocycles. The number of fused-ring (bicyclic) bond motifs is 2. The molecule has 0 bridgehead atoms. The molecule has 6 rings (SSSR count). The van der Waals surface area contributed by atoms with E-state index in [1.807, 2.05) is 18.2 Å². The van der Waals surface area contributed by atoms with Crippen LogP contribution < -0.4 is 10.1 Å². The fourth-order valence-corrected chi connectivity index (χ4v) is 6.88. The number of methoxy groups -OCH3 is 1. The summed E-state index contributed by atoms with van der Waals surface area (Å²) < 4.78 is 10.8. The Hall–Kier alpha value is -4.02. The first-order valence-electron chi connectivity index (χ1n) is 14.0. The van der Waals surface area contributed by atoms with Gasteiger partial charge in [0.1, 0.15) is 23.3 Å². The van der Waals surface area contributed by atoms with Crippen molar-refractivity contribution >= 4 is 34.3 Å². The molecule has 11 heteroatoms. The van der Waals surface area contributed by atoms with Crippen molar-refractivity contribution in [2.24, 2.45) is 17.8 Å². The van der Waals surface area contributed by atoms with E-state index in [0.29, 0.717) is 30.8 Å². The smallest absolute Gasteiger partial charge is 0.286 e. The van der Waals surface area contributed by atoms with Gasteiger partial charge >= 0.3 is 0 Å². The predicted molar refractivity (Wildman–Crippen MR) is 143 cm³/mol. The minimum Gasteiger partial charge on any atom is -0.496 e. The quantitative estimate of drug-likeness (QED) is 0.409. The van der Waals surface area contributed by atoms with Gasteiger partial charge in [0.2, 0.25) is 17.6 Å². The number of rotatable bonds is 8. The number of Topliss-reactive ketones (excluding diaryl/α,β-unsaturated/α-hetero) is 2. The minimum absolute atomic E-state index is 0.00243. The van der Waals surface area contributed by atoms with E-state index in [1.165, 1.54) is 0 Å². The lowest BCUT2D eigenvalue weighted by molar-refractivity contribution is -0.127. The van der Waals surface area contributed by atoms with E-state index in [9.17, 15) is 19.2 Å². The Balaban J connectivity index is 1.28. The lowest BCUT2D eigenvalue weighted by Crippen LogP contribution is -2.53. The van der Waals surface area contributed by atoms with Crippen molar-refractivity contribution in [1.29, 1.82) is 0 Å². The number of aryl methyl sites for hydroxylation is 1. The molecule has 1 aromatic carbocycles. The summed E-state index contributed by atoms with van der Waals surface area (Å²) >= 11 is 0. The number of H-pyrrole nitrogens is 1. The first-order chi connectivity index (χ1) is 19.3. The molecule has 5 atom stereocenters. The molecular formula is C29H33N5O6. The highest BCUT2D eigenvalue weighted by Gasteiger charge is 2.50. The molecule has 1 saturated heterocycles. The summed E-state index contributed by atoms with van der Waals surface area (Å²) in [5.41, 5.74) is 1.15. The number of aromatic amines is 1. The fraction of sp³-hybridized carbons (Fsp3) is 0.517. The Labute approximate surface area is 231 Å². The van der Waals surface area contributed by atoms with Gasteiger partial charge in [-0.05, 0) is 62.1 Å². The van der Waals surface area contributed by atoms with Crippen molar-refractivity contribution in [3.63, 3.8) is 0 Å². The summed E-state index contributed by atoms with van der Waals surface area (Å²) in [6, 6.07) is 5.58. The van der Waals surface area contributed by atoms with Gasteiger partial charge in [0.15, 0.2) is 0 Å². The molecule has 0 unspecified atom stereocenters. The zero-order valence-corrected chi connectivity index (χ0v) is 22.6. The number of carbonyl (C=O) groups excluding carboxylic acids is 4. The molecule has 0 radical (unpaired) electrons. The van der Waals surface area contributed by atoms with Crippen molar-refractivity contribution in [2.75, 3.05) is 13.7 Å². The van der Waals surface area contributed by atoms with Crippen LogP contribution in [0.1, 0.15) is 72.0 Å². The predicted octanol–water partition coefficient (Wildman–Crippen LogP) is 3.24. The van der Waals surface area contributed by atoms with Crippen LogP contribution in [0.4, 0.5) is 0 Å². The van der Waals surface area contributed by atoms with Gasteiger partial charge in [-0.15, -0.1) is 10.2 Å². The lowest BCUT2D eigenvalue weighted by atomic mass is 9.91. The highest BCUT2D eigenvalue weighted by molar-refractivity contribution is 6.03. The third kappa shape index (κ3) is 4.67. The monoisotopic (exact) mass is 547 g/mol. The Bertz CT molecular complexity index is 1480. The van der Waals surface area contributed by atoms with Crippen LogP contribution in [0, 0.1) is 24.7 Å². The molecule has 3 aliphatic rings. The number of likely N-dealkylation sites (tertiary alicyclic amines) is 1. The second-order valence-corrected chi connectivity index (χ2v) is 11.2. The van der Waals surface area contributed by atoms with Crippen LogP contribution in [-0.2, 0) is 9.59 Å². The van der Waals surface area contributed by atoms with E-state index in [2.05, 4.69) is 20.5 Å². The summed E-state index contributed by atoms with van der Waals surface area (Å²) in [4.78, 5) is 58.5. The first-order valence-corrected chi connectivity index (χ1v) is 14.0. The molecule has 11 nitrogen and oxygen atoms in total. The molecule has 2 aliphatic carbocycles. The summed E-state index contributed by atoms with van der Waals surface area (Å²) in [6.45, 7) is 2.05. The molecule has 3 aromatic rings. The summed E-state index contributed by atoms with van der Waals surface area (Å²) in [5.74, 6) is -0.503. The van der Waals surface area contributed by atoms with Crippen molar-refractivity contribution in [1.82, 2.24) is 25.4 Å². The molecule has 2 N–H and O–H groups in total. The van der Waals surface area contributed by atoms with E-state index >= 15 is 0 Å². The molecule has 2 saturated carbocycles. The van der Waals surface area contributed by atoms with Crippen LogP contribution in [0.15, 0.2) is 28.7 Å². The van der Waals surface area contributed by atoms with E-state index in [0.717, 1.165) is 36.6 Å². The number of nitrogens with zero attached hydrogens (tertiary/aromatic N) is 3. The van der Waals surface area contributed by atoms with Crippen LogP contribution in [0.5, 0.6) is 5.75 Å². The molecule has 3 fully saturated rings. The van der Waals surface area contributed by atoms with Crippen LogP contribution in [0.25, 0.3) is 10.9 Å². The number of ether oxygens (including phenoxy) is 1. The molecule has 2 amide bonds. The maximum Gasteiger partial charge on any atom is 0.286 e. The SMILES string of the molecule is COc1cccc2[nH]c(C(=O)N3C[C@@H]4CCC[C@@H]4[C@H]3C(=O)N[C@@H](C[C@@H]3CCCC3=O)C(=O)c3nnc(C)o3)cc12. The van der Waals surface area contributed by atoms with Gasteiger partial charge in [-0.1, -0.05) is 12.5 Å². The summed E-state index contributed by atoms with van der Waals surface area (Å²) in [5, 5.41) is 11.3. The molecular weight excluding hydrogens is 514 g/mol. The summed E-state index contributed by atoms with van der Waals surface area (Å²) in [6.07, 6.45) is 4.84. The van der Waals surface area contributed by atoms with Crippen LogP contribution in [-0.4, -0.2) is 69.2 Å². The standard InChI is InChI=1S/C29H33N5O6/c1-15-32-33-28(40-15)26(36)21(12-16-6-4-10-23(16)35)31-27(37)25-18-8-3-7-17(18)14-34(25)29(38)22-13-19-20(30-22)9-5-11-24(19)39-2/h5,9,11,13,16-18,21,25,30H,3-4,6-8,10,12,14H2,1-2H3,(H,31,37)/t16-,17-,18-,21-,25-/m0/s1. The Morgan fingerprint density at radius 2 is 2.05 bits per heavy atom. The largest absolute Gasteiger partial charge is 0.496 e. The Morgan fingerprint density at radius 1 is 1.20 bits per heavy atom. The van der Waals surface area contributed by atoms with Gasteiger partial charge in [-0.25, -0.2) is 0 Å². The van der Waals surface area contributed by atoms with Crippen molar-refractivity contribution < 1.29 is 28.3 Å². The highest BCUT2D eigenvalue weighted by atomic mass is 16.5. The van der Waals surface area contributed by atoms with Gasteiger partial charge < -0.3 is 24.4 Å². The third-order valence-electron chi connectivity index (χ3n) is 8.82. The maximum atomic E-state index is 14.0. The number of ketones is 2. The number of benzene rings is 1. The Kier molecular flexibility index (Phi) is 6.89. The molecule has 1 aliphatic heterocycles. The number of aromatic nitrogens is 3. The first kappa shape index (κ1) is 26.2. The average molecular weight is 548 g/mol. The van der Waals surface area contributed by atoms with Crippen molar-refractivity contribution in [3.05, 3.63) is 41.7 Å². The number of hydrogen-bond donors (Lipinski definition) is 2. The van der Waals surface area contributed by atoms with Crippen LogP contribution >= 0.6 is 0 Å². The zero-order valence-electron chi connectivity index (χ0n) is 22.6. The lowest BCUT2D eigenvalue weighted by Gasteiger charge is -2.29. The van der Waals surface area contributed by atoms with Crippen molar-refractivity contribution in [3.8, 4) is 5.75 Å². The normalized spacial score (nSPS) is 24.9. The van der Waals surface area contributed by atoms with Crippen LogP contribution in [0.3, 0.4) is 0 Å². The number of carbonyl (C=O) groups is 4. The van der Waals surface area contributed by atoms with Gasteiger partial charge in [-0.3, -0.25) is 19.2 Å². The van der Waals surface area contributed by atoms with Crippen molar-refractivity contribution in [2.45, 2.75) is 64.0 Å². The van der Waals surface area contributed by atoms with E-state index in [-0.39, 0.29) is 47.6 Å². The highest BCUT2D eigenvalue weighted by Crippen LogP contribution is 2.43. The molecule has 0 spiro atoms. The van der Waals surface area contributed by atoms with E-state index in [4.69, 9.17) is 9.15 Å². The second-order valence-electron chi connectivity index (χ2n) is 11.2. The zero-order chi connectivity index (χ0) is 28.0. The van der Waals surface area contributed by atoms with Gasteiger partial charge in [0.05, 0.1) is 13.2 Å². The average Bonchev–Trinajstić information content (AvgIpc) is 3.76. The minimum atomic E-state index is -1.01.